The molecule has 2 rings (SSSR count). The predicted octanol–water partition coefficient (Wildman–Crippen LogP) is 2.87. The van der Waals surface area contributed by atoms with Gasteiger partial charge in [-0.3, -0.25) is 0 Å². The molecular weight excluding hydrogens is 258 g/mol. The van der Waals surface area contributed by atoms with Crippen molar-refractivity contribution in [1.82, 2.24) is 9.88 Å². The molecule has 0 aliphatic carbocycles. The van der Waals surface area contributed by atoms with Crippen LogP contribution < -0.4 is 4.90 Å². The third-order valence-electron chi connectivity index (χ3n) is 3.62. The summed E-state index contributed by atoms with van der Waals surface area (Å²) in [6.07, 6.45) is 0. The van der Waals surface area contributed by atoms with Crippen molar-refractivity contribution in [3.05, 3.63) is 23.4 Å². The highest BCUT2D eigenvalue weighted by Gasteiger charge is 2.20. The largest absolute Gasteiger partial charge is 0.354 e. The maximum Gasteiger partial charge on any atom is 0.129 e. The zero-order valence-corrected chi connectivity index (χ0v) is 13.2. The molecule has 106 valence electrons. The second-order valence-electron chi connectivity index (χ2n) is 6.39. The molecule has 0 saturated carbocycles. The number of nitrogens with zero attached hydrogens (tertiary/aromatic N) is 3. The van der Waals surface area contributed by atoms with Gasteiger partial charge in [0.05, 0.1) is 0 Å². The number of likely N-dealkylation sites (N-methyl/N-ethyl adjacent to an activating group) is 1. The Kier molecular flexibility index (Phi) is 4.36. The fourth-order valence-corrected chi connectivity index (χ4v) is 2.38. The quantitative estimate of drug-likeness (QED) is 0.777. The van der Waals surface area contributed by atoms with E-state index in [2.05, 4.69) is 49.8 Å². The predicted molar refractivity (Wildman–Crippen MR) is 82.2 cm³/mol. The van der Waals surface area contributed by atoms with Crippen LogP contribution in [0.5, 0.6) is 0 Å². The van der Waals surface area contributed by atoms with Gasteiger partial charge >= 0.3 is 0 Å². The second-order valence-corrected chi connectivity index (χ2v) is 6.66. The molecule has 0 spiro atoms. The lowest BCUT2D eigenvalue weighted by atomic mass is 9.91. The van der Waals surface area contributed by atoms with Crippen LogP contribution >= 0.6 is 11.6 Å². The fraction of sp³-hybridized carbons (Fsp3) is 0.667. The molecule has 1 aromatic rings. The van der Waals surface area contributed by atoms with Gasteiger partial charge < -0.3 is 9.80 Å². The van der Waals surface area contributed by atoms with Crippen LogP contribution in [-0.2, 0) is 11.3 Å². The zero-order valence-electron chi connectivity index (χ0n) is 12.4. The van der Waals surface area contributed by atoms with Gasteiger partial charge in [-0.05, 0) is 24.7 Å². The van der Waals surface area contributed by atoms with E-state index in [0.29, 0.717) is 5.88 Å². The molecule has 0 N–H and O–H groups in total. The van der Waals surface area contributed by atoms with Gasteiger partial charge in [-0.25, -0.2) is 4.98 Å². The third kappa shape index (κ3) is 3.61. The first-order valence-electron chi connectivity index (χ1n) is 6.91. The van der Waals surface area contributed by atoms with Gasteiger partial charge in [0.25, 0.3) is 0 Å². The average molecular weight is 282 g/mol. The Hall–Kier alpha value is -0.800. The maximum atomic E-state index is 6.03. The number of piperazine rings is 1. The second kappa shape index (κ2) is 5.68. The van der Waals surface area contributed by atoms with Crippen LogP contribution in [0.25, 0.3) is 0 Å². The van der Waals surface area contributed by atoms with Crippen LogP contribution in [-0.4, -0.2) is 43.1 Å². The van der Waals surface area contributed by atoms with Crippen LogP contribution in [0, 0.1) is 0 Å². The number of rotatable bonds is 2. The van der Waals surface area contributed by atoms with Crippen LogP contribution in [0.3, 0.4) is 0 Å². The molecule has 1 saturated heterocycles. The Bertz CT molecular complexity index is 432. The van der Waals surface area contributed by atoms with E-state index >= 15 is 0 Å². The minimum absolute atomic E-state index is 0.0589. The van der Waals surface area contributed by atoms with Gasteiger partial charge in [0, 0.05) is 43.2 Å². The molecule has 4 heteroatoms. The van der Waals surface area contributed by atoms with Crippen molar-refractivity contribution in [3.8, 4) is 0 Å². The summed E-state index contributed by atoms with van der Waals surface area (Å²) < 4.78 is 0. The van der Waals surface area contributed by atoms with E-state index in [1.165, 1.54) is 0 Å². The SMILES string of the molecule is CN1CCN(c2cc(CCl)cc(C(C)(C)C)n2)CC1. The molecule has 0 atom stereocenters. The number of alkyl halides is 1. The molecule has 1 aliphatic heterocycles. The molecule has 1 fully saturated rings. The van der Waals surface area contributed by atoms with Gasteiger partial charge in [0.2, 0.25) is 0 Å². The summed E-state index contributed by atoms with van der Waals surface area (Å²) in [6.45, 7) is 10.9. The van der Waals surface area contributed by atoms with Crippen LogP contribution in [0.4, 0.5) is 5.82 Å². The highest BCUT2D eigenvalue weighted by atomic mass is 35.5. The van der Waals surface area contributed by atoms with Crippen molar-refractivity contribution in [2.45, 2.75) is 32.1 Å². The van der Waals surface area contributed by atoms with E-state index in [9.17, 15) is 0 Å². The maximum absolute atomic E-state index is 6.03. The lowest BCUT2D eigenvalue weighted by molar-refractivity contribution is 0.312. The summed E-state index contributed by atoms with van der Waals surface area (Å²) in [7, 11) is 2.17. The Labute approximate surface area is 121 Å². The summed E-state index contributed by atoms with van der Waals surface area (Å²) >= 11 is 6.03. The summed E-state index contributed by atoms with van der Waals surface area (Å²) in [6, 6.07) is 4.26. The molecule has 1 aliphatic rings. The monoisotopic (exact) mass is 281 g/mol. The molecule has 3 nitrogen and oxygen atoms in total. The van der Waals surface area contributed by atoms with Gasteiger partial charge in [-0.15, -0.1) is 11.6 Å². The molecule has 0 bridgehead atoms. The first kappa shape index (κ1) is 14.6. The molecule has 0 radical (unpaired) electrons. The highest BCUT2D eigenvalue weighted by molar-refractivity contribution is 6.17. The summed E-state index contributed by atoms with van der Waals surface area (Å²) in [4.78, 5) is 9.57. The number of aromatic nitrogens is 1. The number of hydrogen-bond donors (Lipinski definition) is 0. The molecule has 0 aromatic carbocycles. The number of hydrogen-bond acceptors (Lipinski definition) is 3. The number of anilines is 1. The Morgan fingerprint density at radius 2 is 1.79 bits per heavy atom. The fourth-order valence-electron chi connectivity index (χ4n) is 2.23. The standard InChI is InChI=1S/C15H24ClN3/c1-15(2,3)13-9-12(11-16)10-14(17-13)19-7-5-18(4)6-8-19/h9-10H,5-8,11H2,1-4H3. The Morgan fingerprint density at radius 3 is 2.32 bits per heavy atom. The summed E-state index contributed by atoms with van der Waals surface area (Å²) in [5.41, 5.74) is 2.35. The third-order valence-corrected chi connectivity index (χ3v) is 3.93. The van der Waals surface area contributed by atoms with Gasteiger partial charge in [0.1, 0.15) is 5.82 Å². The van der Waals surface area contributed by atoms with Crippen LogP contribution in [0.2, 0.25) is 0 Å². The first-order chi connectivity index (χ1) is 8.90. The van der Waals surface area contributed by atoms with Crippen molar-refractivity contribution in [2.75, 3.05) is 38.1 Å². The topological polar surface area (TPSA) is 19.4 Å². The highest BCUT2D eigenvalue weighted by Crippen LogP contribution is 2.26. The smallest absolute Gasteiger partial charge is 0.129 e. The van der Waals surface area contributed by atoms with Crippen molar-refractivity contribution in [2.24, 2.45) is 0 Å². The van der Waals surface area contributed by atoms with E-state index in [0.717, 1.165) is 43.3 Å². The Morgan fingerprint density at radius 1 is 1.16 bits per heavy atom. The van der Waals surface area contributed by atoms with E-state index in [4.69, 9.17) is 16.6 Å². The first-order valence-corrected chi connectivity index (χ1v) is 7.44. The van der Waals surface area contributed by atoms with Crippen LogP contribution in [0.1, 0.15) is 32.0 Å². The van der Waals surface area contributed by atoms with Crippen molar-refractivity contribution < 1.29 is 0 Å². The molecular formula is C15H24ClN3. The zero-order chi connectivity index (χ0) is 14.0. The minimum atomic E-state index is 0.0589. The lowest BCUT2D eigenvalue weighted by Gasteiger charge is -2.34. The van der Waals surface area contributed by atoms with Gasteiger partial charge in [-0.2, -0.15) is 0 Å². The van der Waals surface area contributed by atoms with Gasteiger partial charge in [-0.1, -0.05) is 20.8 Å². The van der Waals surface area contributed by atoms with E-state index in [1.807, 2.05) is 0 Å². The summed E-state index contributed by atoms with van der Waals surface area (Å²) in [5, 5.41) is 0. The number of pyridine rings is 1. The van der Waals surface area contributed by atoms with Gasteiger partial charge in [0.15, 0.2) is 0 Å². The molecule has 2 heterocycles. The van der Waals surface area contributed by atoms with Crippen molar-refractivity contribution in [3.63, 3.8) is 0 Å². The molecule has 0 unspecified atom stereocenters. The molecule has 19 heavy (non-hydrogen) atoms. The number of halogens is 1. The Balaban J connectivity index is 2.29. The lowest BCUT2D eigenvalue weighted by Crippen LogP contribution is -2.45. The average Bonchev–Trinajstić information content (AvgIpc) is 2.38. The van der Waals surface area contributed by atoms with E-state index in [-0.39, 0.29) is 5.41 Å². The van der Waals surface area contributed by atoms with Crippen LogP contribution in [0.15, 0.2) is 12.1 Å². The molecule has 1 aromatic heterocycles. The summed E-state index contributed by atoms with van der Waals surface area (Å²) in [5.74, 6) is 1.63. The van der Waals surface area contributed by atoms with E-state index in [1.54, 1.807) is 0 Å². The van der Waals surface area contributed by atoms with E-state index < -0.39 is 0 Å². The normalized spacial score (nSPS) is 17.8. The molecule has 0 amide bonds. The van der Waals surface area contributed by atoms with Crippen molar-refractivity contribution >= 4 is 17.4 Å². The minimum Gasteiger partial charge on any atom is -0.354 e. The van der Waals surface area contributed by atoms with Crippen molar-refractivity contribution in [1.29, 1.82) is 0 Å².